The number of carbonyl (C=O) groups excluding carboxylic acids is 3. The van der Waals surface area contributed by atoms with E-state index in [4.69, 9.17) is 4.42 Å². The van der Waals surface area contributed by atoms with Crippen molar-refractivity contribution in [3.8, 4) is 0 Å². The highest BCUT2D eigenvalue weighted by Crippen LogP contribution is 2.34. The van der Waals surface area contributed by atoms with Gasteiger partial charge in [0.1, 0.15) is 5.58 Å². The van der Waals surface area contributed by atoms with Crippen LogP contribution in [0.15, 0.2) is 53.1 Å². The van der Waals surface area contributed by atoms with Crippen molar-refractivity contribution in [1.29, 1.82) is 0 Å². The van der Waals surface area contributed by atoms with Crippen molar-refractivity contribution in [3.05, 3.63) is 65.4 Å². The third kappa shape index (κ3) is 5.09. The van der Waals surface area contributed by atoms with Gasteiger partial charge >= 0.3 is 0 Å². The molecule has 2 fully saturated rings. The number of likely N-dealkylation sites (tertiary alicyclic amines) is 1. The summed E-state index contributed by atoms with van der Waals surface area (Å²) in [5, 5.41) is 5.94. The van der Waals surface area contributed by atoms with Gasteiger partial charge in [-0.15, -0.1) is 0 Å². The number of hydrogen-bond donors (Lipinski definition) is 2. The second-order valence-corrected chi connectivity index (χ2v) is 9.19. The van der Waals surface area contributed by atoms with Crippen LogP contribution in [0.1, 0.15) is 53.1 Å². The molecule has 0 saturated carbocycles. The number of piperidine rings is 2. The van der Waals surface area contributed by atoms with Gasteiger partial charge in [0.25, 0.3) is 11.8 Å². The van der Waals surface area contributed by atoms with Crippen molar-refractivity contribution >= 4 is 34.4 Å². The largest absolute Gasteiger partial charge is 0.464 e. The highest BCUT2D eigenvalue weighted by atomic mass is 19.3. The standard InChI is InChI=1S/C26H25F2N3O4/c27-26(28)9-11-31(12-10-26)14-16-1-3-17(4-2-16)24(33)29-18-5-7-22-20(13-18)21(15-35-22)19-6-8-23(32)30-25(19)34/h1-5,7,13,15,19H,6,8-12,14H2,(H,29,33)(H,30,32,34). The molecule has 35 heavy (non-hydrogen) atoms. The number of nitrogens with zero attached hydrogens (tertiary/aromatic N) is 1. The van der Waals surface area contributed by atoms with Gasteiger partial charge in [-0.2, -0.15) is 0 Å². The molecule has 182 valence electrons. The quantitative estimate of drug-likeness (QED) is 0.526. The first-order valence-electron chi connectivity index (χ1n) is 11.6. The van der Waals surface area contributed by atoms with Crippen molar-refractivity contribution < 1.29 is 27.6 Å². The van der Waals surface area contributed by atoms with Gasteiger partial charge in [-0.1, -0.05) is 12.1 Å². The summed E-state index contributed by atoms with van der Waals surface area (Å²) in [6.07, 6.45) is 1.94. The third-order valence-electron chi connectivity index (χ3n) is 6.69. The number of carbonyl (C=O) groups is 3. The van der Waals surface area contributed by atoms with Gasteiger partial charge in [0.05, 0.1) is 12.2 Å². The molecule has 2 N–H and O–H groups in total. The van der Waals surface area contributed by atoms with E-state index in [1.165, 1.54) is 6.26 Å². The number of amides is 3. The fourth-order valence-corrected chi connectivity index (χ4v) is 4.65. The molecule has 0 bridgehead atoms. The van der Waals surface area contributed by atoms with E-state index in [2.05, 4.69) is 10.6 Å². The summed E-state index contributed by atoms with van der Waals surface area (Å²) >= 11 is 0. The van der Waals surface area contributed by atoms with Crippen LogP contribution in [0.25, 0.3) is 11.0 Å². The van der Waals surface area contributed by atoms with Crippen LogP contribution in [0.2, 0.25) is 0 Å². The zero-order valence-electron chi connectivity index (χ0n) is 19.0. The molecule has 3 aromatic rings. The first-order valence-corrected chi connectivity index (χ1v) is 11.6. The van der Waals surface area contributed by atoms with Crippen LogP contribution >= 0.6 is 0 Å². The van der Waals surface area contributed by atoms with Gasteiger partial charge in [-0.25, -0.2) is 8.78 Å². The number of alkyl halides is 2. The molecule has 9 heteroatoms. The molecule has 3 amide bonds. The molecule has 0 aliphatic carbocycles. The average molecular weight is 481 g/mol. The molecule has 2 aliphatic rings. The molecule has 1 aromatic heterocycles. The lowest BCUT2D eigenvalue weighted by molar-refractivity contribution is -0.134. The second kappa shape index (κ2) is 9.22. The van der Waals surface area contributed by atoms with Gasteiger partial charge in [0.2, 0.25) is 11.8 Å². The Labute approximate surface area is 200 Å². The number of rotatable bonds is 5. The van der Waals surface area contributed by atoms with Crippen molar-refractivity contribution in [3.63, 3.8) is 0 Å². The number of benzene rings is 2. The molecule has 2 aromatic carbocycles. The van der Waals surface area contributed by atoms with E-state index in [0.717, 1.165) is 5.56 Å². The molecule has 2 saturated heterocycles. The van der Waals surface area contributed by atoms with Crippen molar-refractivity contribution in [2.24, 2.45) is 0 Å². The Balaban J connectivity index is 1.25. The summed E-state index contributed by atoms with van der Waals surface area (Å²) in [7, 11) is 0. The van der Waals surface area contributed by atoms with Gasteiger partial charge in [0, 0.05) is 61.1 Å². The van der Waals surface area contributed by atoms with Crippen LogP contribution < -0.4 is 10.6 Å². The number of hydrogen-bond acceptors (Lipinski definition) is 5. The topological polar surface area (TPSA) is 91.7 Å². The lowest BCUT2D eigenvalue weighted by Gasteiger charge is -2.31. The highest BCUT2D eigenvalue weighted by Gasteiger charge is 2.34. The Morgan fingerprint density at radius 1 is 1.11 bits per heavy atom. The number of furan rings is 1. The maximum absolute atomic E-state index is 13.3. The zero-order valence-corrected chi connectivity index (χ0v) is 19.0. The lowest BCUT2D eigenvalue weighted by atomic mass is 9.90. The first-order chi connectivity index (χ1) is 16.8. The fraction of sp³-hybridized carbons (Fsp3) is 0.346. The van der Waals surface area contributed by atoms with E-state index in [9.17, 15) is 23.2 Å². The van der Waals surface area contributed by atoms with Crippen LogP contribution in [0.4, 0.5) is 14.5 Å². The van der Waals surface area contributed by atoms with E-state index < -0.39 is 11.8 Å². The Bertz CT molecular complexity index is 1280. The number of fused-ring (bicyclic) bond motifs is 1. The SMILES string of the molecule is O=C1CCC(c2coc3ccc(NC(=O)c4ccc(CN5CCC(F)(F)CC5)cc4)cc23)C(=O)N1. The number of nitrogens with one attached hydrogen (secondary N) is 2. The molecular formula is C26H25F2N3O4. The zero-order chi connectivity index (χ0) is 24.6. The summed E-state index contributed by atoms with van der Waals surface area (Å²) in [6.45, 7) is 1.28. The van der Waals surface area contributed by atoms with Crippen LogP contribution in [-0.2, 0) is 16.1 Å². The molecule has 0 radical (unpaired) electrons. The fourth-order valence-electron chi connectivity index (χ4n) is 4.65. The predicted octanol–water partition coefficient (Wildman–Crippen LogP) is 4.44. The molecule has 3 heterocycles. The molecule has 1 atom stereocenters. The van der Waals surface area contributed by atoms with E-state index in [1.807, 2.05) is 17.0 Å². The number of imide groups is 1. The minimum absolute atomic E-state index is 0.125. The van der Waals surface area contributed by atoms with E-state index in [0.29, 0.717) is 53.8 Å². The summed E-state index contributed by atoms with van der Waals surface area (Å²) in [4.78, 5) is 38.6. The van der Waals surface area contributed by atoms with E-state index in [-0.39, 0.29) is 37.0 Å². The van der Waals surface area contributed by atoms with Crippen LogP contribution in [0.5, 0.6) is 0 Å². The summed E-state index contributed by atoms with van der Waals surface area (Å²) < 4.78 is 32.3. The first kappa shape index (κ1) is 23.2. The minimum atomic E-state index is -2.57. The van der Waals surface area contributed by atoms with Crippen molar-refractivity contribution in [1.82, 2.24) is 10.2 Å². The molecule has 7 nitrogen and oxygen atoms in total. The third-order valence-corrected chi connectivity index (χ3v) is 6.69. The Morgan fingerprint density at radius 3 is 2.57 bits per heavy atom. The van der Waals surface area contributed by atoms with E-state index in [1.54, 1.807) is 30.3 Å². The molecule has 1 unspecified atom stereocenters. The van der Waals surface area contributed by atoms with Crippen LogP contribution in [-0.4, -0.2) is 41.6 Å². The molecule has 5 rings (SSSR count). The van der Waals surface area contributed by atoms with Gasteiger partial charge < -0.3 is 9.73 Å². The highest BCUT2D eigenvalue weighted by molar-refractivity contribution is 6.06. The Morgan fingerprint density at radius 2 is 1.86 bits per heavy atom. The maximum atomic E-state index is 13.3. The smallest absolute Gasteiger partial charge is 0.255 e. The van der Waals surface area contributed by atoms with Gasteiger partial charge in [-0.05, 0) is 42.3 Å². The Hall–Kier alpha value is -3.59. The summed E-state index contributed by atoms with van der Waals surface area (Å²) in [6, 6.07) is 12.3. The van der Waals surface area contributed by atoms with Crippen LogP contribution in [0.3, 0.4) is 0 Å². The van der Waals surface area contributed by atoms with E-state index >= 15 is 0 Å². The Kier molecular flexibility index (Phi) is 6.10. The minimum Gasteiger partial charge on any atom is -0.464 e. The number of anilines is 1. The molecular weight excluding hydrogens is 456 g/mol. The van der Waals surface area contributed by atoms with Gasteiger partial charge in [0.15, 0.2) is 0 Å². The average Bonchev–Trinajstić information content (AvgIpc) is 3.24. The summed E-state index contributed by atoms with van der Waals surface area (Å²) in [5.41, 5.74) is 3.25. The lowest BCUT2D eigenvalue weighted by Crippen LogP contribution is -2.39. The molecule has 0 spiro atoms. The number of halogens is 2. The molecule has 2 aliphatic heterocycles. The predicted molar refractivity (Wildman–Crippen MR) is 125 cm³/mol. The normalized spacial score (nSPS) is 20.6. The van der Waals surface area contributed by atoms with Gasteiger partial charge in [-0.3, -0.25) is 24.6 Å². The maximum Gasteiger partial charge on any atom is 0.255 e. The monoisotopic (exact) mass is 481 g/mol. The van der Waals surface area contributed by atoms with Crippen molar-refractivity contribution in [2.45, 2.75) is 44.1 Å². The second-order valence-electron chi connectivity index (χ2n) is 9.19. The van der Waals surface area contributed by atoms with Crippen LogP contribution in [0, 0.1) is 0 Å². The summed E-state index contributed by atoms with van der Waals surface area (Å²) in [5.74, 6) is -3.98. The van der Waals surface area contributed by atoms with Crippen molar-refractivity contribution in [2.75, 3.05) is 18.4 Å².